The molecule has 10 heteroatoms. The molecule has 0 aromatic carbocycles. The van der Waals surface area contributed by atoms with Crippen LogP contribution in [0.1, 0.15) is 76.4 Å². The molecule has 6 nitrogen and oxygen atoms in total. The van der Waals surface area contributed by atoms with Gasteiger partial charge in [-0.05, 0) is 84.1 Å². The van der Waals surface area contributed by atoms with Gasteiger partial charge in [-0.25, -0.2) is 15.3 Å². The minimum Gasteiger partial charge on any atom is -0.402 e. The van der Waals surface area contributed by atoms with E-state index in [0.717, 1.165) is 30.5 Å². The molecule has 0 unspecified atom stereocenters. The first-order valence-corrected chi connectivity index (χ1v) is 11.9. The maximum atomic E-state index is 4.88. The van der Waals surface area contributed by atoms with Crippen molar-refractivity contribution in [1.82, 2.24) is 29.1 Å². The Hall–Kier alpha value is -0.865. The topological polar surface area (TPSA) is 53.5 Å². The van der Waals surface area contributed by atoms with Gasteiger partial charge in [0.25, 0.3) is 0 Å². The van der Waals surface area contributed by atoms with E-state index in [1.54, 1.807) is 0 Å². The van der Waals surface area contributed by atoms with Gasteiger partial charge in [-0.3, -0.25) is 0 Å². The Morgan fingerprint density at radius 1 is 0.607 bits per heavy atom. The quantitative estimate of drug-likeness (QED) is 0.360. The molecule has 3 rings (SSSR count). The predicted molar refractivity (Wildman–Crippen MR) is 125 cm³/mol. The molecule has 0 fully saturated rings. The molecular formula is C18H25BBr3N6-. The zero-order valence-corrected chi connectivity index (χ0v) is 21.7. The summed E-state index contributed by atoms with van der Waals surface area (Å²) in [6.07, 6.45) is 6.10. The van der Waals surface area contributed by atoms with E-state index in [1.807, 2.05) is 32.4 Å². The van der Waals surface area contributed by atoms with Crippen LogP contribution in [0, 0.1) is 0 Å². The molecule has 3 heterocycles. The summed E-state index contributed by atoms with van der Waals surface area (Å²) in [6, 6.07) is 0. The van der Waals surface area contributed by atoms with E-state index in [2.05, 4.69) is 89.3 Å². The lowest BCUT2D eigenvalue weighted by Gasteiger charge is -2.27. The summed E-state index contributed by atoms with van der Waals surface area (Å²) in [6.45, 7) is 12.9. The van der Waals surface area contributed by atoms with Crippen LogP contribution >= 0.6 is 47.8 Å². The summed E-state index contributed by atoms with van der Waals surface area (Å²) in [7, 11) is -1.42. The first-order valence-electron chi connectivity index (χ1n) is 9.51. The Kier molecular flexibility index (Phi) is 6.61. The molecule has 0 saturated heterocycles. The number of aromatic nitrogens is 6. The smallest absolute Gasteiger partial charge is 0.326 e. The second kappa shape index (κ2) is 8.48. The first-order chi connectivity index (χ1) is 13.1. The maximum absolute atomic E-state index is 4.88. The van der Waals surface area contributed by atoms with Crippen LogP contribution in [0.5, 0.6) is 0 Å². The largest absolute Gasteiger partial charge is 0.402 e. The van der Waals surface area contributed by atoms with Crippen molar-refractivity contribution in [2.75, 3.05) is 0 Å². The minimum absolute atomic E-state index is 0.321. The maximum Gasteiger partial charge on any atom is 0.326 e. The van der Waals surface area contributed by atoms with Crippen LogP contribution in [0.3, 0.4) is 0 Å². The lowest BCUT2D eigenvalue weighted by molar-refractivity contribution is 0.710. The second-order valence-corrected chi connectivity index (χ2v) is 10.7. The average molecular weight is 576 g/mol. The fourth-order valence-electron chi connectivity index (χ4n) is 3.29. The Balaban J connectivity index is 2.18. The number of hydrogen-bond donors (Lipinski definition) is 0. The summed E-state index contributed by atoms with van der Waals surface area (Å²) in [5.74, 6) is 0.963. The van der Waals surface area contributed by atoms with Crippen LogP contribution in [-0.2, 0) is 0 Å². The van der Waals surface area contributed by atoms with Gasteiger partial charge in [0, 0.05) is 0 Å². The molecule has 0 amide bonds. The molecule has 0 spiro atoms. The van der Waals surface area contributed by atoms with Gasteiger partial charge in [-0.1, -0.05) is 41.5 Å². The van der Waals surface area contributed by atoms with Gasteiger partial charge >= 0.3 is 7.12 Å². The summed E-state index contributed by atoms with van der Waals surface area (Å²) in [5, 5.41) is 14.7. The zero-order valence-electron chi connectivity index (χ0n) is 17.0. The lowest BCUT2D eigenvalue weighted by atomic mass is 9.96. The van der Waals surface area contributed by atoms with Gasteiger partial charge in [-0.2, -0.15) is 0 Å². The standard InChI is InChI=1S/C18H25BBr3N6/c1-10(2)16-13(20)7-26(23-16)19(27-8-14(21)17(24-27)11(3)4)28-9-15(22)18(25-28)12(5)6/h7-12,19H,1-6H3/q-1. The van der Waals surface area contributed by atoms with Crippen LogP contribution in [0.25, 0.3) is 0 Å². The molecule has 0 radical (unpaired) electrons. The van der Waals surface area contributed by atoms with Crippen LogP contribution in [-0.4, -0.2) is 36.2 Å². The van der Waals surface area contributed by atoms with E-state index in [9.17, 15) is 0 Å². The Morgan fingerprint density at radius 3 is 1.04 bits per heavy atom. The summed E-state index contributed by atoms with van der Waals surface area (Å²) < 4.78 is 8.99. The molecule has 28 heavy (non-hydrogen) atoms. The van der Waals surface area contributed by atoms with Crippen LogP contribution in [0.4, 0.5) is 0 Å². The average Bonchev–Trinajstić information content (AvgIpc) is 3.26. The van der Waals surface area contributed by atoms with Crippen molar-refractivity contribution in [3.05, 3.63) is 49.1 Å². The summed E-state index contributed by atoms with van der Waals surface area (Å²) in [5.41, 5.74) is 3.09. The molecule has 3 aromatic heterocycles. The molecule has 3 aromatic rings. The molecule has 0 aliphatic rings. The molecule has 0 bridgehead atoms. The van der Waals surface area contributed by atoms with Gasteiger partial charge in [0.15, 0.2) is 0 Å². The predicted octanol–water partition coefficient (Wildman–Crippen LogP) is 5.60. The monoisotopic (exact) mass is 573 g/mol. The number of halogens is 3. The van der Waals surface area contributed by atoms with Gasteiger partial charge < -0.3 is 13.8 Å². The lowest BCUT2D eigenvalue weighted by Crippen LogP contribution is -2.43. The third kappa shape index (κ3) is 4.19. The van der Waals surface area contributed by atoms with Crippen LogP contribution in [0.2, 0.25) is 0 Å². The van der Waals surface area contributed by atoms with E-state index in [4.69, 9.17) is 15.3 Å². The van der Waals surface area contributed by atoms with Crippen LogP contribution in [0.15, 0.2) is 32.0 Å². The molecule has 0 saturated carbocycles. The van der Waals surface area contributed by atoms with Gasteiger partial charge in [-0.15, -0.1) is 0 Å². The Labute approximate surface area is 191 Å². The van der Waals surface area contributed by atoms with Crippen molar-refractivity contribution in [2.45, 2.75) is 59.3 Å². The molecule has 0 N–H and O–H groups in total. The van der Waals surface area contributed by atoms with Gasteiger partial charge in [0.2, 0.25) is 0 Å². The highest BCUT2D eigenvalue weighted by Gasteiger charge is 2.21. The molecule has 0 atom stereocenters. The van der Waals surface area contributed by atoms with E-state index in [0.29, 0.717) is 17.8 Å². The normalized spacial score (nSPS) is 12.3. The molecule has 152 valence electrons. The first kappa shape index (κ1) is 21.8. The van der Waals surface area contributed by atoms with Crippen molar-refractivity contribution in [3.8, 4) is 0 Å². The molecular weight excluding hydrogens is 551 g/mol. The minimum atomic E-state index is -1.42. The zero-order chi connectivity index (χ0) is 20.7. The second-order valence-electron chi connectivity index (χ2n) is 8.09. The van der Waals surface area contributed by atoms with Crippen molar-refractivity contribution < 1.29 is 0 Å². The van der Waals surface area contributed by atoms with E-state index < -0.39 is 7.12 Å². The van der Waals surface area contributed by atoms with Gasteiger partial charge in [0.05, 0.1) is 30.5 Å². The van der Waals surface area contributed by atoms with E-state index >= 15 is 0 Å². The number of hydrogen-bond acceptors (Lipinski definition) is 3. The van der Waals surface area contributed by atoms with Crippen molar-refractivity contribution >= 4 is 54.9 Å². The fourth-order valence-corrected chi connectivity index (χ4v) is 5.61. The van der Waals surface area contributed by atoms with E-state index in [1.165, 1.54) is 0 Å². The Bertz CT molecular complexity index is 848. The molecule has 0 aliphatic heterocycles. The van der Waals surface area contributed by atoms with Crippen molar-refractivity contribution in [1.29, 1.82) is 0 Å². The Morgan fingerprint density at radius 2 is 0.857 bits per heavy atom. The SMILES string of the molecule is CC(C)c1nn([BH-](n2cc(Br)c(C(C)C)n2)n2cc(Br)c(C(C)C)n2)cc1Br. The number of rotatable bonds is 6. The summed E-state index contributed by atoms with van der Waals surface area (Å²) in [4.78, 5) is 0. The van der Waals surface area contributed by atoms with E-state index in [-0.39, 0.29) is 0 Å². The highest BCUT2D eigenvalue weighted by atomic mass is 79.9. The number of nitrogens with zero attached hydrogens (tertiary/aromatic N) is 6. The highest BCUT2D eigenvalue weighted by molar-refractivity contribution is 9.11. The highest BCUT2D eigenvalue weighted by Crippen LogP contribution is 2.27. The van der Waals surface area contributed by atoms with Crippen LogP contribution < -0.4 is 0 Å². The van der Waals surface area contributed by atoms with Crippen molar-refractivity contribution in [2.24, 2.45) is 0 Å². The third-order valence-corrected chi connectivity index (χ3v) is 6.57. The molecule has 0 aliphatic carbocycles. The summed E-state index contributed by atoms with van der Waals surface area (Å²) >= 11 is 11.0. The van der Waals surface area contributed by atoms with Crippen molar-refractivity contribution in [3.63, 3.8) is 0 Å². The fraction of sp³-hybridized carbons (Fsp3) is 0.500. The third-order valence-electron chi connectivity index (χ3n) is 4.74. The van der Waals surface area contributed by atoms with Gasteiger partial charge in [0.1, 0.15) is 0 Å².